The number of nitrogens with two attached hydrogens (primary N) is 1. The van der Waals surface area contributed by atoms with Crippen molar-refractivity contribution in [1.82, 2.24) is 4.72 Å². The van der Waals surface area contributed by atoms with E-state index in [9.17, 15) is 13.2 Å². The van der Waals surface area contributed by atoms with E-state index in [2.05, 4.69) is 4.72 Å². The molecule has 0 aliphatic rings. The van der Waals surface area contributed by atoms with Crippen LogP contribution in [0.15, 0.2) is 60.7 Å². The Balaban J connectivity index is 2.19. The van der Waals surface area contributed by atoms with Gasteiger partial charge in [0.05, 0.1) is 5.75 Å². The van der Waals surface area contributed by atoms with Crippen LogP contribution in [0.4, 0.5) is 0 Å². The molecule has 1 atom stereocenters. The molecule has 0 fully saturated rings. The Morgan fingerprint density at radius 3 is 2.05 bits per heavy atom. The van der Waals surface area contributed by atoms with Crippen LogP contribution in [0, 0.1) is 0 Å². The maximum absolute atomic E-state index is 12.2. The van der Waals surface area contributed by atoms with E-state index in [0.717, 1.165) is 0 Å². The first kappa shape index (κ1) is 15.2. The third kappa shape index (κ3) is 4.40. The van der Waals surface area contributed by atoms with E-state index in [1.54, 1.807) is 60.7 Å². The Hall–Kier alpha value is -2.18. The number of rotatable bonds is 6. The van der Waals surface area contributed by atoms with Gasteiger partial charge >= 0.3 is 0 Å². The Kier molecular flexibility index (Phi) is 4.72. The molecule has 0 heterocycles. The molecule has 21 heavy (non-hydrogen) atoms. The molecule has 5 nitrogen and oxygen atoms in total. The van der Waals surface area contributed by atoms with Crippen LogP contribution >= 0.6 is 0 Å². The lowest BCUT2D eigenvalue weighted by Gasteiger charge is -2.16. The average molecular weight is 304 g/mol. The van der Waals surface area contributed by atoms with Crippen LogP contribution in [0.3, 0.4) is 0 Å². The predicted molar refractivity (Wildman–Crippen MR) is 80.6 cm³/mol. The Morgan fingerprint density at radius 2 is 1.52 bits per heavy atom. The minimum Gasteiger partial charge on any atom is -0.368 e. The van der Waals surface area contributed by atoms with Gasteiger partial charge in [-0.25, -0.2) is 8.42 Å². The monoisotopic (exact) mass is 304 g/mol. The fraction of sp³-hybridized carbons (Fsp3) is 0.133. The maximum atomic E-state index is 12.2. The molecule has 2 rings (SSSR count). The van der Waals surface area contributed by atoms with E-state index >= 15 is 0 Å². The van der Waals surface area contributed by atoms with E-state index in [1.165, 1.54) is 0 Å². The zero-order valence-electron chi connectivity index (χ0n) is 11.3. The van der Waals surface area contributed by atoms with Gasteiger partial charge in [-0.05, 0) is 11.1 Å². The van der Waals surface area contributed by atoms with Crippen molar-refractivity contribution in [1.29, 1.82) is 0 Å². The SMILES string of the molecule is NC(=O)[C@@H](NS(=O)(=O)Cc1ccccc1)c1ccccc1. The molecular formula is C15H16N2O3S. The Bertz CT molecular complexity index is 700. The van der Waals surface area contributed by atoms with Crippen molar-refractivity contribution >= 4 is 15.9 Å². The lowest BCUT2D eigenvalue weighted by Crippen LogP contribution is -2.38. The highest BCUT2D eigenvalue weighted by atomic mass is 32.2. The number of sulfonamides is 1. The first-order valence-electron chi connectivity index (χ1n) is 6.36. The summed E-state index contributed by atoms with van der Waals surface area (Å²) in [5.41, 5.74) is 6.46. The number of benzene rings is 2. The highest BCUT2D eigenvalue weighted by Gasteiger charge is 2.24. The summed E-state index contributed by atoms with van der Waals surface area (Å²) in [5, 5.41) is 0. The minimum absolute atomic E-state index is 0.204. The predicted octanol–water partition coefficient (Wildman–Crippen LogP) is 1.33. The quantitative estimate of drug-likeness (QED) is 0.843. The normalized spacial score (nSPS) is 12.8. The summed E-state index contributed by atoms with van der Waals surface area (Å²) >= 11 is 0. The smallest absolute Gasteiger partial charge is 0.240 e. The summed E-state index contributed by atoms with van der Waals surface area (Å²) in [5.74, 6) is -0.942. The van der Waals surface area contributed by atoms with Gasteiger partial charge in [-0.3, -0.25) is 4.79 Å². The zero-order valence-corrected chi connectivity index (χ0v) is 12.1. The summed E-state index contributed by atoms with van der Waals surface area (Å²) < 4.78 is 26.7. The second-order valence-corrected chi connectivity index (χ2v) is 6.36. The second kappa shape index (κ2) is 6.51. The fourth-order valence-corrected chi connectivity index (χ4v) is 3.28. The number of nitrogens with one attached hydrogen (secondary N) is 1. The molecule has 0 spiro atoms. The molecule has 2 aromatic rings. The largest absolute Gasteiger partial charge is 0.368 e. The molecule has 1 amide bonds. The fourth-order valence-electron chi connectivity index (χ4n) is 1.95. The number of carbonyl (C=O) groups is 1. The van der Waals surface area contributed by atoms with Crippen LogP contribution in [-0.2, 0) is 20.6 Å². The van der Waals surface area contributed by atoms with E-state index < -0.39 is 22.0 Å². The van der Waals surface area contributed by atoms with Gasteiger partial charge in [0, 0.05) is 0 Å². The van der Waals surface area contributed by atoms with E-state index in [-0.39, 0.29) is 5.75 Å². The molecule has 0 bridgehead atoms. The molecule has 0 radical (unpaired) electrons. The molecule has 0 saturated heterocycles. The molecular weight excluding hydrogens is 288 g/mol. The van der Waals surface area contributed by atoms with Crippen molar-refractivity contribution in [3.8, 4) is 0 Å². The van der Waals surface area contributed by atoms with Gasteiger partial charge in [0.25, 0.3) is 0 Å². The van der Waals surface area contributed by atoms with Crippen molar-refractivity contribution in [2.75, 3.05) is 0 Å². The van der Waals surface area contributed by atoms with Gasteiger partial charge in [0.1, 0.15) is 6.04 Å². The van der Waals surface area contributed by atoms with Crippen molar-refractivity contribution in [3.63, 3.8) is 0 Å². The first-order valence-corrected chi connectivity index (χ1v) is 8.01. The van der Waals surface area contributed by atoms with E-state index in [0.29, 0.717) is 11.1 Å². The summed E-state index contributed by atoms with van der Waals surface area (Å²) in [7, 11) is -3.68. The second-order valence-electron chi connectivity index (χ2n) is 4.61. The van der Waals surface area contributed by atoms with Gasteiger partial charge < -0.3 is 5.73 Å². The number of hydrogen-bond acceptors (Lipinski definition) is 3. The number of amides is 1. The summed E-state index contributed by atoms with van der Waals surface area (Å²) in [6.07, 6.45) is 0. The number of hydrogen-bond donors (Lipinski definition) is 2. The van der Waals surface area contributed by atoms with E-state index in [1.807, 2.05) is 0 Å². The molecule has 0 aromatic heterocycles. The lowest BCUT2D eigenvalue weighted by atomic mass is 10.1. The van der Waals surface area contributed by atoms with Gasteiger partial charge in [0.2, 0.25) is 15.9 Å². The molecule has 0 aliphatic heterocycles. The maximum Gasteiger partial charge on any atom is 0.240 e. The van der Waals surface area contributed by atoms with Crippen molar-refractivity contribution in [2.45, 2.75) is 11.8 Å². The summed E-state index contributed by atoms with van der Waals surface area (Å²) in [6, 6.07) is 16.2. The highest BCUT2D eigenvalue weighted by Crippen LogP contribution is 2.15. The van der Waals surface area contributed by atoms with E-state index in [4.69, 9.17) is 5.73 Å². The highest BCUT2D eigenvalue weighted by molar-refractivity contribution is 7.88. The first-order chi connectivity index (χ1) is 9.98. The Labute approximate surface area is 123 Å². The minimum atomic E-state index is -3.68. The number of carbonyl (C=O) groups excluding carboxylic acids is 1. The van der Waals surface area contributed by atoms with Crippen LogP contribution in [0.25, 0.3) is 0 Å². The van der Waals surface area contributed by atoms with Gasteiger partial charge in [-0.15, -0.1) is 0 Å². The van der Waals surface area contributed by atoms with Crippen molar-refractivity contribution in [2.24, 2.45) is 5.73 Å². The standard InChI is InChI=1S/C15H16N2O3S/c16-15(18)14(13-9-5-2-6-10-13)17-21(19,20)11-12-7-3-1-4-8-12/h1-10,14,17H,11H2,(H2,16,18)/t14-/m0/s1. The average Bonchev–Trinajstić information content (AvgIpc) is 2.46. The molecule has 0 unspecified atom stereocenters. The molecule has 3 N–H and O–H groups in total. The number of primary amides is 1. The Morgan fingerprint density at radius 1 is 1.00 bits per heavy atom. The molecule has 0 aliphatic carbocycles. The van der Waals surface area contributed by atoms with Crippen LogP contribution in [0.5, 0.6) is 0 Å². The van der Waals surface area contributed by atoms with Gasteiger partial charge in [-0.1, -0.05) is 60.7 Å². The van der Waals surface area contributed by atoms with Crippen LogP contribution in [0.1, 0.15) is 17.2 Å². The van der Waals surface area contributed by atoms with Gasteiger partial charge in [0.15, 0.2) is 0 Å². The van der Waals surface area contributed by atoms with Crippen molar-refractivity contribution in [3.05, 3.63) is 71.8 Å². The lowest BCUT2D eigenvalue weighted by molar-refractivity contribution is -0.119. The van der Waals surface area contributed by atoms with Crippen LogP contribution in [0.2, 0.25) is 0 Å². The molecule has 2 aromatic carbocycles. The zero-order chi connectivity index (χ0) is 15.3. The van der Waals surface area contributed by atoms with Gasteiger partial charge in [-0.2, -0.15) is 4.72 Å². The summed E-state index contributed by atoms with van der Waals surface area (Å²) in [6.45, 7) is 0. The third-order valence-corrected chi connectivity index (χ3v) is 4.22. The molecule has 6 heteroatoms. The van der Waals surface area contributed by atoms with Crippen LogP contribution in [-0.4, -0.2) is 14.3 Å². The van der Waals surface area contributed by atoms with Crippen molar-refractivity contribution < 1.29 is 13.2 Å². The topological polar surface area (TPSA) is 89.3 Å². The molecule has 0 saturated carbocycles. The summed E-state index contributed by atoms with van der Waals surface area (Å²) in [4.78, 5) is 11.5. The molecule has 110 valence electrons. The van der Waals surface area contributed by atoms with Crippen LogP contribution < -0.4 is 10.5 Å². The third-order valence-electron chi connectivity index (χ3n) is 2.91.